The molecule has 1 amide bonds. The van der Waals surface area contributed by atoms with Gasteiger partial charge in [-0.2, -0.15) is 10.1 Å². The van der Waals surface area contributed by atoms with E-state index < -0.39 is 17.3 Å². The molecule has 12 heteroatoms. The summed E-state index contributed by atoms with van der Waals surface area (Å²) < 4.78 is 21.9. The lowest BCUT2D eigenvalue weighted by Gasteiger charge is -2.14. The molecule has 37 heavy (non-hydrogen) atoms. The van der Waals surface area contributed by atoms with Crippen molar-refractivity contribution in [1.29, 1.82) is 0 Å². The number of nitrogens with one attached hydrogen (secondary N) is 2. The summed E-state index contributed by atoms with van der Waals surface area (Å²) in [7, 11) is 1.78. The number of carbonyl (C=O) groups excluding carboxylic acids is 1. The lowest BCUT2D eigenvalue weighted by atomic mass is 10.2. The molecule has 0 fully saturated rings. The molecule has 184 valence electrons. The number of anilines is 3. The predicted molar refractivity (Wildman–Crippen MR) is 135 cm³/mol. The number of hydrogen-bond donors (Lipinski definition) is 2. The number of benzene rings is 1. The largest absolute Gasteiger partial charge is 0.433 e. The molecule has 0 atom stereocenters. The SMILES string of the molecule is C=CC(=O)Nc1cccc(-n2c(=O)c(Oc3ccc(F)cn3)cc3cnc(Nc4ccn(C)n4)nc32)c1. The molecule has 0 unspecified atom stereocenters. The van der Waals surface area contributed by atoms with Crippen LogP contribution < -0.4 is 20.9 Å². The first-order valence-electron chi connectivity index (χ1n) is 10.9. The predicted octanol–water partition coefficient (Wildman–Crippen LogP) is 3.71. The van der Waals surface area contributed by atoms with E-state index in [2.05, 4.69) is 37.3 Å². The standard InChI is InChI=1S/C25H19FN8O3/c1-3-21(35)29-17-5-4-6-18(12-17)34-23-15(13-28-25(31-23)30-20-9-10-33(2)32-20)11-19(24(34)36)37-22-8-7-16(26)14-27-22/h3-14H,1H2,2H3,(H,29,35)(H,28,30,31,32). The molecule has 0 radical (unpaired) electrons. The number of halogens is 1. The van der Waals surface area contributed by atoms with Gasteiger partial charge < -0.3 is 15.4 Å². The van der Waals surface area contributed by atoms with Crippen LogP contribution in [0.3, 0.4) is 0 Å². The van der Waals surface area contributed by atoms with Crippen LogP contribution >= 0.6 is 0 Å². The van der Waals surface area contributed by atoms with Gasteiger partial charge in [0.05, 0.1) is 11.9 Å². The number of rotatable bonds is 7. The summed E-state index contributed by atoms with van der Waals surface area (Å²) in [5.41, 5.74) is 0.546. The van der Waals surface area contributed by atoms with Crippen molar-refractivity contribution in [3.63, 3.8) is 0 Å². The molecular weight excluding hydrogens is 479 g/mol. The van der Waals surface area contributed by atoms with Crippen molar-refractivity contribution in [1.82, 2.24) is 29.3 Å². The second-order valence-corrected chi connectivity index (χ2v) is 7.78. The first-order chi connectivity index (χ1) is 17.9. The number of ether oxygens (including phenoxy) is 1. The van der Waals surface area contributed by atoms with Crippen LogP contribution in [0.2, 0.25) is 0 Å². The summed E-state index contributed by atoms with van der Waals surface area (Å²) in [6, 6.07) is 12.3. The second-order valence-electron chi connectivity index (χ2n) is 7.78. The van der Waals surface area contributed by atoms with Gasteiger partial charge in [0.1, 0.15) is 5.82 Å². The maximum Gasteiger partial charge on any atom is 0.299 e. The molecule has 2 N–H and O–H groups in total. The molecule has 5 aromatic rings. The Morgan fingerprint density at radius 2 is 2.00 bits per heavy atom. The van der Waals surface area contributed by atoms with E-state index in [0.29, 0.717) is 22.6 Å². The zero-order valence-corrected chi connectivity index (χ0v) is 19.4. The Labute approximate surface area is 208 Å². The summed E-state index contributed by atoms with van der Waals surface area (Å²) in [5, 5.41) is 10.4. The smallest absolute Gasteiger partial charge is 0.299 e. The second kappa shape index (κ2) is 9.70. The molecule has 1 aromatic carbocycles. The summed E-state index contributed by atoms with van der Waals surface area (Å²) in [6.07, 6.45) is 5.41. The van der Waals surface area contributed by atoms with Gasteiger partial charge in [-0.15, -0.1) is 0 Å². The third-order valence-electron chi connectivity index (χ3n) is 5.13. The topological polar surface area (TPSA) is 129 Å². The number of nitrogens with zero attached hydrogens (tertiary/aromatic N) is 6. The maximum atomic E-state index is 13.7. The van der Waals surface area contributed by atoms with Crippen LogP contribution in [0.15, 0.2) is 84.6 Å². The fourth-order valence-corrected chi connectivity index (χ4v) is 3.49. The minimum Gasteiger partial charge on any atom is -0.433 e. The first-order valence-corrected chi connectivity index (χ1v) is 10.9. The van der Waals surface area contributed by atoms with Crippen molar-refractivity contribution in [2.75, 3.05) is 10.6 Å². The van der Waals surface area contributed by atoms with Crippen LogP contribution in [0.1, 0.15) is 0 Å². The van der Waals surface area contributed by atoms with Crippen molar-refractivity contribution in [3.8, 4) is 17.3 Å². The normalized spacial score (nSPS) is 10.8. The van der Waals surface area contributed by atoms with Gasteiger partial charge >= 0.3 is 0 Å². The van der Waals surface area contributed by atoms with Gasteiger partial charge in [0.15, 0.2) is 17.2 Å². The van der Waals surface area contributed by atoms with Crippen LogP contribution in [0.25, 0.3) is 16.7 Å². The average molecular weight is 498 g/mol. The van der Waals surface area contributed by atoms with Gasteiger partial charge in [-0.3, -0.25) is 18.8 Å². The third-order valence-corrected chi connectivity index (χ3v) is 5.13. The molecule has 0 aliphatic rings. The molecule has 4 aromatic heterocycles. The number of amides is 1. The molecule has 11 nitrogen and oxygen atoms in total. The number of hydrogen-bond acceptors (Lipinski definition) is 8. The van der Waals surface area contributed by atoms with E-state index in [9.17, 15) is 14.0 Å². The summed E-state index contributed by atoms with van der Waals surface area (Å²) in [4.78, 5) is 38.2. The number of fused-ring (bicyclic) bond motifs is 1. The highest BCUT2D eigenvalue weighted by Crippen LogP contribution is 2.25. The van der Waals surface area contributed by atoms with Crippen LogP contribution in [0, 0.1) is 5.82 Å². The Morgan fingerprint density at radius 3 is 2.73 bits per heavy atom. The number of carbonyl (C=O) groups is 1. The van der Waals surface area contributed by atoms with Crippen LogP contribution in [-0.4, -0.2) is 35.2 Å². The number of aromatic nitrogens is 6. The minimum atomic E-state index is -0.562. The van der Waals surface area contributed by atoms with Crippen LogP contribution in [-0.2, 0) is 11.8 Å². The Kier molecular flexibility index (Phi) is 6.12. The van der Waals surface area contributed by atoms with E-state index >= 15 is 0 Å². The van der Waals surface area contributed by atoms with Crippen molar-refractivity contribution in [2.24, 2.45) is 7.05 Å². The molecule has 0 aliphatic carbocycles. The van der Waals surface area contributed by atoms with Crippen molar-refractivity contribution in [2.45, 2.75) is 0 Å². The fraction of sp³-hybridized carbons (Fsp3) is 0.0400. The molecule has 0 saturated heterocycles. The minimum absolute atomic E-state index is 0.0331. The number of aryl methyl sites for hydroxylation is 1. The van der Waals surface area contributed by atoms with Crippen LogP contribution in [0.5, 0.6) is 11.6 Å². The van der Waals surface area contributed by atoms with E-state index in [1.165, 1.54) is 29.0 Å². The van der Waals surface area contributed by atoms with Crippen LogP contribution in [0.4, 0.5) is 21.8 Å². The van der Waals surface area contributed by atoms with Crippen molar-refractivity contribution in [3.05, 3.63) is 95.9 Å². The van der Waals surface area contributed by atoms with Gasteiger partial charge in [0.2, 0.25) is 17.7 Å². The van der Waals surface area contributed by atoms with Gasteiger partial charge in [0.25, 0.3) is 5.56 Å². The van der Waals surface area contributed by atoms with E-state index in [0.717, 1.165) is 12.3 Å². The molecule has 0 bridgehead atoms. The van der Waals surface area contributed by atoms with Gasteiger partial charge in [0, 0.05) is 42.6 Å². The summed E-state index contributed by atoms with van der Waals surface area (Å²) in [6.45, 7) is 3.45. The maximum absolute atomic E-state index is 13.7. The van der Waals surface area contributed by atoms with Gasteiger partial charge in [-0.1, -0.05) is 12.6 Å². The Hall–Kier alpha value is -5.39. The van der Waals surface area contributed by atoms with Crippen molar-refractivity contribution < 1.29 is 13.9 Å². The lowest BCUT2D eigenvalue weighted by Crippen LogP contribution is -2.21. The van der Waals surface area contributed by atoms with E-state index in [1.54, 1.807) is 48.3 Å². The monoisotopic (exact) mass is 498 g/mol. The average Bonchev–Trinajstić information content (AvgIpc) is 3.30. The highest BCUT2D eigenvalue weighted by molar-refractivity contribution is 5.99. The lowest BCUT2D eigenvalue weighted by molar-refractivity contribution is -0.111. The molecule has 4 heterocycles. The van der Waals surface area contributed by atoms with E-state index in [1.807, 2.05) is 0 Å². The summed E-state index contributed by atoms with van der Waals surface area (Å²) in [5.74, 6) is -0.260. The molecule has 5 rings (SSSR count). The molecule has 0 aliphatic heterocycles. The molecular formula is C25H19FN8O3. The van der Waals surface area contributed by atoms with Gasteiger partial charge in [-0.25, -0.2) is 14.4 Å². The Morgan fingerprint density at radius 1 is 1.14 bits per heavy atom. The summed E-state index contributed by atoms with van der Waals surface area (Å²) >= 11 is 0. The zero-order chi connectivity index (χ0) is 25.9. The van der Waals surface area contributed by atoms with E-state index in [-0.39, 0.29) is 23.2 Å². The highest BCUT2D eigenvalue weighted by Gasteiger charge is 2.17. The Balaban J connectivity index is 1.66. The molecule has 0 spiro atoms. The fourth-order valence-electron chi connectivity index (χ4n) is 3.49. The van der Waals surface area contributed by atoms with Crippen molar-refractivity contribution >= 4 is 34.4 Å². The van der Waals surface area contributed by atoms with Gasteiger partial charge in [-0.05, 0) is 36.4 Å². The third kappa shape index (κ3) is 5.03. The highest BCUT2D eigenvalue weighted by atomic mass is 19.1. The zero-order valence-electron chi connectivity index (χ0n) is 19.4. The Bertz CT molecular complexity index is 1700. The number of pyridine rings is 2. The molecule has 0 saturated carbocycles. The quantitative estimate of drug-likeness (QED) is 0.325. The first kappa shape index (κ1) is 23.4. The van der Waals surface area contributed by atoms with E-state index in [4.69, 9.17) is 4.74 Å².